The first-order valence-corrected chi connectivity index (χ1v) is 6.44. The molecular weight excluding hydrogens is 266 g/mol. The summed E-state index contributed by atoms with van der Waals surface area (Å²) in [4.78, 5) is 3.77. The second-order valence-electron chi connectivity index (χ2n) is 3.13. The van der Waals surface area contributed by atoms with E-state index in [-0.39, 0.29) is 16.6 Å². The van der Waals surface area contributed by atoms with E-state index in [9.17, 15) is 8.42 Å². The molecule has 90 valence electrons. The summed E-state index contributed by atoms with van der Waals surface area (Å²) < 4.78 is 30.6. The van der Waals surface area contributed by atoms with Crippen molar-refractivity contribution >= 4 is 21.6 Å². The number of nitrogens with one attached hydrogen (secondary N) is 1. The molecule has 0 spiro atoms. The fourth-order valence-corrected chi connectivity index (χ4v) is 2.38. The van der Waals surface area contributed by atoms with Gasteiger partial charge in [-0.3, -0.25) is 0 Å². The summed E-state index contributed by atoms with van der Waals surface area (Å²) in [5.74, 6) is 0. The Morgan fingerprint density at radius 2 is 2.24 bits per heavy atom. The molecule has 0 saturated heterocycles. The van der Waals surface area contributed by atoms with Crippen LogP contribution in [0, 0.1) is 0 Å². The number of rotatable bonds is 4. The zero-order valence-corrected chi connectivity index (χ0v) is 10.1. The van der Waals surface area contributed by atoms with E-state index in [4.69, 9.17) is 11.6 Å². The second kappa shape index (κ2) is 4.82. The van der Waals surface area contributed by atoms with E-state index < -0.39 is 10.0 Å². The highest BCUT2D eigenvalue weighted by Crippen LogP contribution is 2.12. The van der Waals surface area contributed by atoms with Crippen molar-refractivity contribution in [3.63, 3.8) is 0 Å². The molecule has 17 heavy (non-hydrogen) atoms. The average Bonchev–Trinajstić information content (AvgIpc) is 2.79. The molecule has 0 atom stereocenters. The van der Waals surface area contributed by atoms with Crippen molar-refractivity contribution in [1.29, 1.82) is 0 Å². The third kappa shape index (κ3) is 3.02. The van der Waals surface area contributed by atoms with Gasteiger partial charge in [0.05, 0.1) is 17.1 Å². The lowest BCUT2D eigenvalue weighted by Gasteiger charge is -2.04. The zero-order chi connectivity index (χ0) is 12.3. The molecule has 0 aliphatic carbocycles. The van der Waals surface area contributed by atoms with Crippen LogP contribution in [0.3, 0.4) is 0 Å². The van der Waals surface area contributed by atoms with Crippen LogP contribution in [0.15, 0.2) is 40.1 Å². The molecule has 0 fully saturated rings. The highest BCUT2D eigenvalue weighted by molar-refractivity contribution is 7.89. The Hall–Kier alpha value is -1.44. The van der Waals surface area contributed by atoms with Crippen LogP contribution in [0.25, 0.3) is 0 Å². The van der Waals surface area contributed by atoms with Crippen LogP contribution in [-0.2, 0) is 16.6 Å². The van der Waals surface area contributed by atoms with Crippen molar-refractivity contribution in [2.45, 2.75) is 11.4 Å². The first-order valence-electron chi connectivity index (χ1n) is 4.58. The molecule has 0 unspecified atom stereocenters. The number of hydrogen-bond acceptors (Lipinski definition) is 5. The van der Waals surface area contributed by atoms with Crippen molar-refractivity contribution in [1.82, 2.24) is 14.9 Å². The van der Waals surface area contributed by atoms with Crippen molar-refractivity contribution in [3.8, 4) is 0 Å². The number of pyridine rings is 1. The minimum atomic E-state index is -3.61. The van der Waals surface area contributed by atoms with Gasteiger partial charge in [-0.1, -0.05) is 16.8 Å². The number of halogens is 1. The van der Waals surface area contributed by atoms with Crippen molar-refractivity contribution in [2.75, 3.05) is 0 Å². The van der Waals surface area contributed by atoms with Gasteiger partial charge in [0.1, 0.15) is 11.4 Å². The molecule has 0 amide bonds. The molecule has 0 saturated carbocycles. The van der Waals surface area contributed by atoms with E-state index >= 15 is 0 Å². The molecule has 8 heteroatoms. The van der Waals surface area contributed by atoms with Crippen LogP contribution in [0.5, 0.6) is 0 Å². The number of nitrogens with zero attached hydrogens (tertiary/aromatic N) is 2. The topological polar surface area (TPSA) is 85.1 Å². The fraction of sp³-hybridized carbons (Fsp3) is 0.111. The van der Waals surface area contributed by atoms with Crippen molar-refractivity contribution in [2.24, 2.45) is 0 Å². The van der Waals surface area contributed by atoms with Gasteiger partial charge in [0.2, 0.25) is 10.0 Å². The minimum Gasteiger partial charge on any atom is -0.364 e. The zero-order valence-electron chi connectivity index (χ0n) is 8.50. The highest BCUT2D eigenvalue weighted by atomic mass is 35.5. The van der Waals surface area contributed by atoms with Crippen LogP contribution >= 0.6 is 11.6 Å². The molecule has 0 radical (unpaired) electrons. The van der Waals surface area contributed by atoms with Crippen LogP contribution in [0.1, 0.15) is 5.69 Å². The van der Waals surface area contributed by atoms with E-state index in [1.165, 1.54) is 24.6 Å². The van der Waals surface area contributed by atoms with Crippen LogP contribution in [0.2, 0.25) is 5.15 Å². The lowest BCUT2D eigenvalue weighted by atomic mass is 10.5. The number of sulfonamides is 1. The number of aromatic nitrogens is 2. The summed E-state index contributed by atoms with van der Waals surface area (Å²) in [5.41, 5.74) is 0.494. The Bertz CT molecular complexity index is 598. The maximum Gasteiger partial charge on any atom is 0.241 e. The molecule has 2 aromatic rings. The summed E-state index contributed by atoms with van der Waals surface area (Å²) in [6, 6.07) is 4.20. The average molecular weight is 274 g/mol. The Kier molecular flexibility index (Phi) is 3.41. The maximum absolute atomic E-state index is 11.8. The van der Waals surface area contributed by atoms with Gasteiger partial charge in [0.25, 0.3) is 0 Å². The van der Waals surface area contributed by atoms with E-state index in [0.717, 1.165) is 0 Å². The Labute approximate surface area is 103 Å². The summed E-state index contributed by atoms with van der Waals surface area (Å²) in [7, 11) is -3.61. The minimum absolute atomic E-state index is 0.0543. The second-order valence-corrected chi connectivity index (χ2v) is 5.28. The van der Waals surface area contributed by atoms with E-state index in [1.54, 1.807) is 6.07 Å². The molecule has 0 aliphatic rings. The Morgan fingerprint density at radius 3 is 2.88 bits per heavy atom. The molecule has 0 aliphatic heterocycles. The van der Waals surface area contributed by atoms with Gasteiger partial charge in [-0.25, -0.2) is 18.1 Å². The molecule has 2 heterocycles. The molecule has 6 nitrogen and oxygen atoms in total. The predicted octanol–water partition coefficient (Wildman–Crippen LogP) is 1.20. The van der Waals surface area contributed by atoms with Gasteiger partial charge in [-0.15, -0.1) is 0 Å². The third-order valence-corrected chi connectivity index (χ3v) is 3.55. The monoisotopic (exact) mass is 273 g/mol. The largest absolute Gasteiger partial charge is 0.364 e. The summed E-state index contributed by atoms with van der Waals surface area (Å²) in [6.45, 7) is 0.0543. The van der Waals surface area contributed by atoms with Gasteiger partial charge >= 0.3 is 0 Å². The summed E-state index contributed by atoms with van der Waals surface area (Å²) in [6.07, 6.45) is 2.69. The van der Waals surface area contributed by atoms with Gasteiger partial charge in [0.15, 0.2) is 0 Å². The van der Waals surface area contributed by atoms with Crippen LogP contribution < -0.4 is 4.72 Å². The van der Waals surface area contributed by atoms with Crippen LogP contribution in [-0.4, -0.2) is 18.6 Å². The fourth-order valence-electron chi connectivity index (χ4n) is 1.13. The molecule has 0 aromatic carbocycles. The molecule has 0 bridgehead atoms. The van der Waals surface area contributed by atoms with E-state index in [2.05, 4.69) is 19.4 Å². The first-order chi connectivity index (χ1) is 8.08. The van der Waals surface area contributed by atoms with Gasteiger partial charge < -0.3 is 4.52 Å². The first kappa shape index (κ1) is 12.0. The van der Waals surface area contributed by atoms with Crippen molar-refractivity contribution < 1.29 is 12.9 Å². The van der Waals surface area contributed by atoms with Gasteiger partial charge in [0, 0.05) is 12.3 Å². The number of hydrogen-bond donors (Lipinski definition) is 1. The predicted molar refractivity (Wildman–Crippen MR) is 59.8 cm³/mol. The standard InChI is InChI=1S/C9H8ClN3O3S/c10-9-5-8(1-3-11-9)17(14,15)12-6-7-2-4-16-13-7/h1-5,12H,6H2. The quantitative estimate of drug-likeness (QED) is 0.846. The maximum atomic E-state index is 11.8. The smallest absolute Gasteiger partial charge is 0.241 e. The summed E-state index contributed by atoms with van der Waals surface area (Å²) in [5, 5.41) is 3.71. The molecular formula is C9H8ClN3O3S. The Morgan fingerprint density at radius 1 is 1.41 bits per heavy atom. The Balaban J connectivity index is 2.14. The van der Waals surface area contributed by atoms with E-state index in [1.807, 2.05) is 0 Å². The molecule has 1 N–H and O–H groups in total. The normalized spacial score (nSPS) is 11.6. The molecule has 2 rings (SSSR count). The van der Waals surface area contributed by atoms with Crippen LogP contribution in [0.4, 0.5) is 0 Å². The third-order valence-electron chi connectivity index (χ3n) is 1.94. The SMILES string of the molecule is O=S(=O)(NCc1ccon1)c1ccnc(Cl)c1. The molecule has 2 aromatic heterocycles. The summed E-state index contributed by atoms with van der Waals surface area (Å²) >= 11 is 5.62. The highest BCUT2D eigenvalue weighted by Gasteiger charge is 2.14. The van der Waals surface area contributed by atoms with Gasteiger partial charge in [-0.2, -0.15) is 0 Å². The van der Waals surface area contributed by atoms with E-state index in [0.29, 0.717) is 5.69 Å². The van der Waals surface area contributed by atoms with Crippen molar-refractivity contribution in [3.05, 3.63) is 41.5 Å². The lowest BCUT2D eigenvalue weighted by Crippen LogP contribution is -2.23. The lowest BCUT2D eigenvalue weighted by molar-refractivity contribution is 0.411. The van der Waals surface area contributed by atoms with Gasteiger partial charge in [-0.05, 0) is 12.1 Å².